The molecule has 128 valence electrons. The van der Waals surface area contributed by atoms with Crippen LogP contribution in [0, 0.1) is 19.7 Å². The molecule has 0 spiro atoms. The summed E-state index contributed by atoms with van der Waals surface area (Å²) in [7, 11) is 0. The van der Waals surface area contributed by atoms with Crippen molar-refractivity contribution in [1.29, 1.82) is 0 Å². The van der Waals surface area contributed by atoms with Crippen molar-refractivity contribution in [3.63, 3.8) is 0 Å². The second-order valence-corrected chi connectivity index (χ2v) is 7.19. The highest BCUT2D eigenvalue weighted by Gasteiger charge is 2.10. The Balaban J connectivity index is 1.45. The van der Waals surface area contributed by atoms with Crippen molar-refractivity contribution in [2.45, 2.75) is 26.9 Å². The van der Waals surface area contributed by atoms with Gasteiger partial charge in [-0.2, -0.15) is 5.10 Å². The van der Waals surface area contributed by atoms with E-state index in [-0.39, 0.29) is 5.82 Å². The van der Waals surface area contributed by atoms with Crippen LogP contribution in [0.1, 0.15) is 21.8 Å². The molecule has 0 saturated carbocycles. The van der Waals surface area contributed by atoms with Gasteiger partial charge in [0, 0.05) is 41.0 Å². The van der Waals surface area contributed by atoms with Gasteiger partial charge in [-0.3, -0.25) is 9.50 Å². The molecular formula is C18H18FN5S. The summed E-state index contributed by atoms with van der Waals surface area (Å²) in [4.78, 5) is 6.98. The summed E-state index contributed by atoms with van der Waals surface area (Å²) in [6, 6.07) is 6.41. The van der Waals surface area contributed by atoms with Gasteiger partial charge in [-0.25, -0.2) is 9.37 Å². The van der Waals surface area contributed by atoms with E-state index in [2.05, 4.69) is 44.9 Å². The number of imidazole rings is 1. The SMILES string of the molecule is Cc1sc2nc(CNCc3cn[nH]c3-c3ccc(F)cc3)cn2c1C. The van der Waals surface area contributed by atoms with E-state index in [1.807, 2.05) is 0 Å². The van der Waals surface area contributed by atoms with Gasteiger partial charge in [0.05, 0.1) is 17.6 Å². The molecule has 2 N–H and O–H groups in total. The molecular weight excluding hydrogens is 337 g/mol. The number of fused-ring (bicyclic) bond motifs is 1. The molecule has 3 heterocycles. The second-order valence-electron chi connectivity index (χ2n) is 6.01. The molecule has 0 atom stereocenters. The number of H-pyrrole nitrogens is 1. The first-order chi connectivity index (χ1) is 12.1. The minimum Gasteiger partial charge on any atom is -0.307 e. The predicted octanol–water partition coefficient (Wildman–Crippen LogP) is 3.83. The first-order valence-corrected chi connectivity index (χ1v) is 8.86. The number of benzene rings is 1. The van der Waals surface area contributed by atoms with Crippen LogP contribution in [0.2, 0.25) is 0 Å². The van der Waals surface area contributed by atoms with Crippen LogP contribution in [-0.2, 0) is 13.1 Å². The van der Waals surface area contributed by atoms with Gasteiger partial charge in [-0.1, -0.05) is 0 Å². The number of rotatable bonds is 5. The van der Waals surface area contributed by atoms with Gasteiger partial charge < -0.3 is 5.32 Å². The molecule has 3 aromatic heterocycles. The fraction of sp³-hybridized carbons (Fsp3) is 0.222. The Morgan fingerprint density at radius 2 is 2.00 bits per heavy atom. The molecule has 0 aliphatic carbocycles. The molecule has 4 aromatic rings. The molecule has 1 aromatic carbocycles. The summed E-state index contributed by atoms with van der Waals surface area (Å²) in [5.74, 6) is -0.242. The van der Waals surface area contributed by atoms with Gasteiger partial charge in [-0.05, 0) is 38.1 Å². The number of nitrogens with zero attached hydrogens (tertiary/aromatic N) is 3. The zero-order valence-corrected chi connectivity index (χ0v) is 14.8. The Labute approximate surface area is 148 Å². The second kappa shape index (κ2) is 6.42. The van der Waals surface area contributed by atoms with E-state index in [4.69, 9.17) is 0 Å². The Morgan fingerprint density at radius 1 is 1.20 bits per heavy atom. The highest BCUT2D eigenvalue weighted by Crippen LogP contribution is 2.23. The van der Waals surface area contributed by atoms with Crippen LogP contribution in [0.5, 0.6) is 0 Å². The summed E-state index contributed by atoms with van der Waals surface area (Å²) < 4.78 is 15.2. The topological polar surface area (TPSA) is 58.0 Å². The van der Waals surface area contributed by atoms with Crippen molar-refractivity contribution in [3.8, 4) is 11.3 Å². The zero-order chi connectivity index (χ0) is 17.4. The van der Waals surface area contributed by atoms with Crippen LogP contribution in [0.25, 0.3) is 16.2 Å². The van der Waals surface area contributed by atoms with E-state index < -0.39 is 0 Å². The fourth-order valence-electron chi connectivity index (χ4n) is 2.82. The monoisotopic (exact) mass is 355 g/mol. The summed E-state index contributed by atoms with van der Waals surface area (Å²) in [6.45, 7) is 5.56. The third-order valence-electron chi connectivity index (χ3n) is 4.31. The van der Waals surface area contributed by atoms with Crippen molar-refractivity contribution in [2.24, 2.45) is 0 Å². The fourth-order valence-corrected chi connectivity index (χ4v) is 3.80. The summed E-state index contributed by atoms with van der Waals surface area (Å²) in [5.41, 5.74) is 5.13. The smallest absolute Gasteiger partial charge is 0.194 e. The molecule has 0 bridgehead atoms. The maximum Gasteiger partial charge on any atom is 0.194 e. The number of hydrogen-bond acceptors (Lipinski definition) is 4. The summed E-state index contributed by atoms with van der Waals surface area (Å²) in [5, 5.41) is 10.5. The minimum absolute atomic E-state index is 0.242. The largest absolute Gasteiger partial charge is 0.307 e. The van der Waals surface area contributed by atoms with Gasteiger partial charge in [0.2, 0.25) is 0 Å². The molecule has 0 aliphatic heterocycles. The summed E-state index contributed by atoms with van der Waals surface area (Å²) >= 11 is 1.71. The standard InChI is InChI=1S/C18H18FN5S/c1-11-12(2)25-18-22-16(10-24(11)18)9-20-7-14-8-21-23-17(14)13-3-5-15(19)6-4-13/h3-6,8,10,20H,7,9H2,1-2H3,(H,21,23). The average Bonchev–Trinajstić information content (AvgIpc) is 3.27. The number of thiazole rings is 1. The van der Waals surface area contributed by atoms with Gasteiger partial charge in [0.25, 0.3) is 0 Å². The van der Waals surface area contributed by atoms with Crippen LogP contribution >= 0.6 is 11.3 Å². The molecule has 4 rings (SSSR count). The Bertz CT molecular complexity index is 1010. The Kier molecular flexibility index (Phi) is 4.10. The number of hydrogen-bond donors (Lipinski definition) is 2. The molecule has 0 unspecified atom stereocenters. The lowest BCUT2D eigenvalue weighted by atomic mass is 10.1. The van der Waals surface area contributed by atoms with Gasteiger partial charge in [0.15, 0.2) is 4.96 Å². The minimum atomic E-state index is -0.242. The van der Waals surface area contributed by atoms with Crippen LogP contribution in [0.15, 0.2) is 36.7 Å². The van der Waals surface area contributed by atoms with Crippen molar-refractivity contribution in [1.82, 2.24) is 24.9 Å². The van der Waals surface area contributed by atoms with Crippen LogP contribution in [0.4, 0.5) is 4.39 Å². The quantitative estimate of drug-likeness (QED) is 0.572. The van der Waals surface area contributed by atoms with Gasteiger partial charge in [-0.15, -0.1) is 11.3 Å². The lowest BCUT2D eigenvalue weighted by Gasteiger charge is -2.05. The number of nitrogens with one attached hydrogen (secondary N) is 2. The molecule has 0 saturated heterocycles. The van der Waals surface area contributed by atoms with E-state index in [1.165, 1.54) is 22.7 Å². The molecule has 0 radical (unpaired) electrons. The summed E-state index contributed by atoms with van der Waals surface area (Å²) in [6.07, 6.45) is 3.88. The molecule has 25 heavy (non-hydrogen) atoms. The Morgan fingerprint density at radius 3 is 2.76 bits per heavy atom. The van der Waals surface area contributed by atoms with Gasteiger partial charge in [0.1, 0.15) is 5.82 Å². The molecule has 0 amide bonds. The van der Waals surface area contributed by atoms with Crippen molar-refractivity contribution >= 4 is 16.3 Å². The molecule has 0 fully saturated rings. The molecule has 5 nitrogen and oxygen atoms in total. The maximum atomic E-state index is 13.1. The first kappa shape index (κ1) is 16.0. The maximum absolute atomic E-state index is 13.1. The average molecular weight is 355 g/mol. The number of halogens is 1. The van der Waals surface area contributed by atoms with Gasteiger partial charge >= 0.3 is 0 Å². The number of aromatic amines is 1. The normalized spacial score (nSPS) is 11.5. The van der Waals surface area contributed by atoms with E-state index in [0.717, 1.165) is 27.5 Å². The van der Waals surface area contributed by atoms with E-state index >= 15 is 0 Å². The van der Waals surface area contributed by atoms with Crippen LogP contribution in [0.3, 0.4) is 0 Å². The Hall–Kier alpha value is -2.51. The first-order valence-electron chi connectivity index (χ1n) is 8.04. The zero-order valence-electron chi connectivity index (χ0n) is 14.0. The van der Waals surface area contributed by atoms with Crippen molar-refractivity contribution in [2.75, 3.05) is 0 Å². The third kappa shape index (κ3) is 3.08. The molecule has 7 heteroatoms. The number of aryl methyl sites for hydroxylation is 2. The predicted molar refractivity (Wildman–Crippen MR) is 97.1 cm³/mol. The highest BCUT2D eigenvalue weighted by atomic mass is 32.1. The van der Waals surface area contributed by atoms with E-state index in [1.54, 1.807) is 29.7 Å². The lowest BCUT2D eigenvalue weighted by Crippen LogP contribution is -2.13. The van der Waals surface area contributed by atoms with Crippen molar-refractivity contribution < 1.29 is 4.39 Å². The van der Waals surface area contributed by atoms with Crippen LogP contribution in [-0.4, -0.2) is 19.6 Å². The van der Waals surface area contributed by atoms with E-state index in [0.29, 0.717) is 13.1 Å². The number of aromatic nitrogens is 4. The van der Waals surface area contributed by atoms with Crippen molar-refractivity contribution in [3.05, 3.63) is 64.3 Å². The highest BCUT2D eigenvalue weighted by molar-refractivity contribution is 7.17. The molecule has 0 aliphatic rings. The lowest BCUT2D eigenvalue weighted by molar-refractivity contribution is 0.628. The third-order valence-corrected chi connectivity index (χ3v) is 5.38. The van der Waals surface area contributed by atoms with Crippen LogP contribution < -0.4 is 5.32 Å². The van der Waals surface area contributed by atoms with E-state index in [9.17, 15) is 4.39 Å².